The highest BCUT2D eigenvalue weighted by Gasteiger charge is 2.24. The van der Waals surface area contributed by atoms with E-state index >= 15 is 0 Å². The molecular weight excluding hydrogens is 536 g/mol. The predicted octanol–water partition coefficient (Wildman–Crippen LogP) is 4.53. The number of aliphatic hydroxyl groups is 1. The molecule has 4 aromatic rings. The molecule has 0 saturated heterocycles. The van der Waals surface area contributed by atoms with E-state index in [1.54, 1.807) is 38.1 Å². The summed E-state index contributed by atoms with van der Waals surface area (Å²) in [6.45, 7) is 3.18. The Morgan fingerprint density at radius 1 is 1.13 bits per heavy atom. The van der Waals surface area contributed by atoms with Crippen LogP contribution >= 0.6 is 23.2 Å². The largest absolute Gasteiger partial charge is 0.461 e. The maximum Gasteiger partial charge on any atom is 0.336 e. The average molecular weight is 560 g/mol. The number of ether oxygens (including phenoxy) is 1. The van der Waals surface area contributed by atoms with Gasteiger partial charge in [0.05, 0.1) is 23.2 Å². The Morgan fingerprint density at radius 3 is 2.58 bits per heavy atom. The van der Waals surface area contributed by atoms with E-state index in [9.17, 15) is 19.1 Å². The van der Waals surface area contributed by atoms with Gasteiger partial charge in [-0.1, -0.05) is 52.7 Å². The molecule has 1 heterocycles. The monoisotopic (exact) mass is 559 g/mol. The number of hydrogen-bond donors (Lipinski definition) is 3. The molecule has 1 unspecified atom stereocenters. The van der Waals surface area contributed by atoms with Gasteiger partial charge in [0.1, 0.15) is 11.3 Å². The van der Waals surface area contributed by atoms with Gasteiger partial charge in [-0.25, -0.2) is 14.2 Å². The van der Waals surface area contributed by atoms with Crippen molar-refractivity contribution in [2.45, 2.75) is 32.6 Å². The molecule has 1 aromatic heterocycles. The molecular formula is C26H24Cl2FN5O4. The maximum absolute atomic E-state index is 14.3. The summed E-state index contributed by atoms with van der Waals surface area (Å²) in [6, 6.07) is 14.2. The summed E-state index contributed by atoms with van der Waals surface area (Å²) in [6.07, 6.45) is -1.95. The van der Waals surface area contributed by atoms with E-state index in [1.807, 2.05) is 0 Å². The lowest BCUT2D eigenvalue weighted by atomic mass is 10.0. The second-order valence-corrected chi connectivity index (χ2v) is 9.65. The Labute approximate surface area is 227 Å². The highest BCUT2D eigenvalue weighted by molar-refractivity contribution is 6.35. The summed E-state index contributed by atoms with van der Waals surface area (Å²) < 4.78 is 19.4. The molecule has 0 bridgehead atoms. The van der Waals surface area contributed by atoms with Crippen molar-refractivity contribution in [2.75, 3.05) is 6.54 Å². The van der Waals surface area contributed by atoms with E-state index in [0.717, 1.165) is 0 Å². The molecule has 0 aliphatic carbocycles. The van der Waals surface area contributed by atoms with E-state index in [4.69, 9.17) is 27.9 Å². The van der Waals surface area contributed by atoms with Crippen molar-refractivity contribution in [3.8, 4) is 11.1 Å². The van der Waals surface area contributed by atoms with Crippen LogP contribution in [-0.4, -0.2) is 56.2 Å². The second kappa shape index (κ2) is 11.9. The number of amides is 1. The molecule has 0 saturated carbocycles. The van der Waals surface area contributed by atoms with E-state index in [1.165, 1.54) is 35.3 Å². The summed E-state index contributed by atoms with van der Waals surface area (Å²) in [5, 5.41) is 22.7. The van der Waals surface area contributed by atoms with Crippen LogP contribution in [0.1, 0.15) is 29.8 Å². The number of esters is 1. The molecule has 0 fully saturated rings. The third kappa shape index (κ3) is 6.65. The number of nitrogens with one attached hydrogen (secondary N) is 2. The fraction of sp³-hybridized carbons (Fsp3) is 0.231. The van der Waals surface area contributed by atoms with Crippen molar-refractivity contribution in [1.29, 1.82) is 0 Å². The molecule has 3 N–H and O–H groups in total. The highest BCUT2D eigenvalue weighted by Crippen LogP contribution is 2.27. The Kier molecular flexibility index (Phi) is 8.58. The minimum Gasteiger partial charge on any atom is -0.461 e. The lowest BCUT2D eigenvalue weighted by molar-refractivity contribution is -0.158. The number of aliphatic hydroxyl groups excluding tert-OH is 1. The second-order valence-electron chi connectivity index (χ2n) is 8.81. The van der Waals surface area contributed by atoms with Crippen LogP contribution in [0.3, 0.4) is 0 Å². The standard InChI is InChI=1S/C26H24Cl2FN5O4/c1-14(2)38-26(37)23(35)13-34(32-25(36)17-9-20(28)24-22(10-17)30-33-31-24)12-15-3-5-16(6-4-15)19-11-18(27)7-8-21(19)29/h3-11,14,23,35H,12-13H2,1-2H3,(H,32,36)(H,30,31,33). The van der Waals surface area contributed by atoms with Crippen LogP contribution in [-0.2, 0) is 16.1 Å². The molecule has 1 amide bonds. The average Bonchev–Trinajstić information content (AvgIpc) is 3.35. The number of hydrazine groups is 1. The smallest absolute Gasteiger partial charge is 0.336 e. The topological polar surface area (TPSA) is 120 Å². The number of aromatic nitrogens is 3. The molecule has 4 rings (SSSR count). The fourth-order valence-electron chi connectivity index (χ4n) is 3.73. The number of carbonyl (C=O) groups is 2. The minimum atomic E-state index is -1.53. The van der Waals surface area contributed by atoms with Gasteiger partial charge in [-0.2, -0.15) is 0 Å². The first-order valence-corrected chi connectivity index (χ1v) is 12.4. The minimum absolute atomic E-state index is 0.109. The van der Waals surface area contributed by atoms with Crippen LogP contribution in [0.5, 0.6) is 0 Å². The zero-order valence-corrected chi connectivity index (χ0v) is 21.9. The predicted molar refractivity (Wildman–Crippen MR) is 141 cm³/mol. The van der Waals surface area contributed by atoms with Crippen LogP contribution in [0.2, 0.25) is 10.0 Å². The number of rotatable bonds is 9. The molecule has 3 aromatic carbocycles. The number of benzene rings is 3. The number of carbonyl (C=O) groups excluding carboxylic acids is 2. The molecule has 198 valence electrons. The number of halogens is 3. The molecule has 12 heteroatoms. The van der Waals surface area contributed by atoms with Crippen LogP contribution in [0.4, 0.5) is 4.39 Å². The van der Waals surface area contributed by atoms with Crippen molar-refractivity contribution in [3.63, 3.8) is 0 Å². The number of aromatic amines is 1. The van der Waals surface area contributed by atoms with Crippen LogP contribution in [0, 0.1) is 5.82 Å². The Balaban J connectivity index is 1.55. The molecule has 0 aliphatic heterocycles. The third-order valence-electron chi connectivity index (χ3n) is 5.49. The van der Waals surface area contributed by atoms with Crippen LogP contribution < -0.4 is 5.43 Å². The molecule has 0 aliphatic rings. The van der Waals surface area contributed by atoms with Crippen molar-refractivity contribution in [1.82, 2.24) is 25.8 Å². The molecule has 9 nitrogen and oxygen atoms in total. The van der Waals surface area contributed by atoms with Crippen molar-refractivity contribution in [2.24, 2.45) is 0 Å². The zero-order valence-electron chi connectivity index (χ0n) is 20.4. The molecule has 0 radical (unpaired) electrons. The Hall–Kier alpha value is -3.57. The normalized spacial score (nSPS) is 12.2. The summed E-state index contributed by atoms with van der Waals surface area (Å²) in [4.78, 5) is 25.3. The first kappa shape index (κ1) is 27.5. The van der Waals surface area contributed by atoms with Gasteiger partial charge >= 0.3 is 5.97 Å². The number of nitrogens with zero attached hydrogens (tertiary/aromatic N) is 3. The zero-order chi connectivity index (χ0) is 27.4. The molecule has 1 atom stereocenters. The van der Waals surface area contributed by atoms with Crippen molar-refractivity contribution >= 4 is 46.1 Å². The quantitative estimate of drug-likeness (QED) is 0.203. The van der Waals surface area contributed by atoms with Crippen LogP contribution in [0.25, 0.3) is 22.2 Å². The van der Waals surface area contributed by atoms with Gasteiger partial charge in [-0.3, -0.25) is 15.3 Å². The van der Waals surface area contributed by atoms with Gasteiger partial charge in [0.25, 0.3) is 5.91 Å². The van der Waals surface area contributed by atoms with Gasteiger partial charge in [-0.15, -0.1) is 5.10 Å². The summed E-state index contributed by atoms with van der Waals surface area (Å²) >= 11 is 12.2. The first-order chi connectivity index (χ1) is 18.1. The Morgan fingerprint density at radius 2 is 1.87 bits per heavy atom. The number of hydrogen-bond acceptors (Lipinski definition) is 7. The summed E-state index contributed by atoms with van der Waals surface area (Å²) in [5.41, 5.74) is 5.48. The first-order valence-electron chi connectivity index (χ1n) is 11.6. The number of H-pyrrole nitrogens is 1. The summed E-state index contributed by atoms with van der Waals surface area (Å²) in [7, 11) is 0. The number of fused-ring (bicyclic) bond motifs is 1. The summed E-state index contributed by atoms with van der Waals surface area (Å²) in [5.74, 6) is -1.77. The van der Waals surface area contributed by atoms with E-state index in [2.05, 4.69) is 20.8 Å². The van der Waals surface area contributed by atoms with Gasteiger partial charge in [0.2, 0.25) is 0 Å². The highest BCUT2D eigenvalue weighted by atomic mass is 35.5. The van der Waals surface area contributed by atoms with Crippen molar-refractivity contribution in [3.05, 3.63) is 81.6 Å². The molecule has 38 heavy (non-hydrogen) atoms. The maximum atomic E-state index is 14.3. The lowest BCUT2D eigenvalue weighted by Crippen LogP contribution is -2.47. The molecule has 0 spiro atoms. The Bertz CT molecular complexity index is 1460. The van der Waals surface area contributed by atoms with E-state index < -0.39 is 29.9 Å². The fourth-order valence-corrected chi connectivity index (χ4v) is 4.16. The van der Waals surface area contributed by atoms with E-state index in [-0.39, 0.29) is 23.7 Å². The van der Waals surface area contributed by atoms with Crippen molar-refractivity contribution < 1.29 is 23.8 Å². The lowest BCUT2D eigenvalue weighted by Gasteiger charge is -2.25. The van der Waals surface area contributed by atoms with Gasteiger partial charge in [-0.05, 0) is 55.3 Å². The van der Waals surface area contributed by atoms with Gasteiger partial charge in [0.15, 0.2) is 6.10 Å². The van der Waals surface area contributed by atoms with E-state index in [0.29, 0.717) is 32.7 Å². The third-order valence-corrected chi connectivity index (χ3v) is 6.01. The van der Waals surface area contributed by atoms with Gasteiger partial charge in [0, 0.05) is 22.7 Å². The van der Waals surface area contributed by atoms with Gasteiger partial charge < -0.3 is 9.84 Å². The SMILES string of the molecule is CC(C)OC(=O)C(O)CN(Cc1ccc(-c2cc(Cl)ccc2F)cc1)NC(=O)c1cc(Cl)c2nn[nH]c2c1. The van der Waals surface area contributed by atoms with Crippen LogP contribution in [0.15, 0.2) is 54.6 Å².